The Balaban J connectivity index is 2.82. The summed E-state index contributed by atoms with van der Waals surface area (Å²) < 4.78 is 3.00. The summed E-state index contributed by atoms with van der Waals surface area (Å²) in [5.41, 5.74) is 2.79. The van der Waals surface area contributed by atoms with Crippen LogP contribution in [0.3, 0.4) is 0 Å². The monoisotopic (exact) mass is 306 g/mol. The topological polar surface area (TPSA) is 28.7 Å². The molecule has 0 N–H and O–H groups in total. The molecule has 0 unspecified atom stereocenters. The number of hydrogen-bond acceptors (Lipinski definition) is 2. The summed E-state index contributed by atoms with van der Waals surface area (Å²) in [5, 5.41) is 12.2. The average Bonchev–Trinajstić information content (AvgIpc) is 2.61. The van der Waals surface area contributed by atoms with E-state index in [1.54, 1.807) is 11.8 Å². The molecule has 2 nitrogen and oxygen atoms in total. The first-order chi connectivity index (χ1) is 8.20. The predicted octanol–water partition coefficient (Wildman–Crippen LogP) is 4.17. The third kappa shape index (κ3) is 2.01. The van der Waals surface area contributed by atoms with Crippen LogP contribution in [0.5, 0.6) is 0 Å². The van der Waals surface area contributed by atoms with Crippen molar-refractivity contribution in [2.45, 2.75) is 0 Å². The zero-order chi connectivity index (χ0) is 12.4. The number of thioether (sulfide) groups is 1. The van der Waals surface area contributed by atoms with Crippen LogP contribution in [0, 0.1) is 11.3 Å². The quantitative estimate of drug-likeness (QED) is 0.779. The van der Waals surface area contributed by atoms with Gasteiger partial charge in [0.15, 0.2) is 0 Å². The maximum atomic E-state index is 9.24. The number of fused-ring (bicyclic) bond motifs is 1. The van der Waals surface area contributed by atoms with Gasteiger partial charge in [-0.1, -0.05) is 18.2 Å². The smallest absolute Gasteiger partial charge is 0.100 e. The lowest BCUT2D eigenvalue weighted by molar-refractivity contribution is 0.939. The number of aryl methyl sites for hydroxylation is 1. The minimum absolute atomic E-state index is 0.696. The molecule has 0 atom stereocenters. The maximum Gasteiger partial charge on any atom is 0.100 e. The molecule has 0 saturated carbocycles. The Morgan fingerprint density at radius 1 is 1.47 bits per heavy atom. The van der Waals surface area contributed by atoms with Gasteiger partial charge in [-0.05, 0) is 33.7 Å². The van der Waals surface area contributed by atoms with Crippen molar-refractivity contribution in [3.63, 3.8) is 0 Å². The molecule has 0 saturated heterocycles. The van der Waals surface area contributed by atoms with E-state index in [2.05, 4.69) is 32.6 Å². The van der Waals surface area contributed by atoms with Gasteiger partial charge < -0.3 is 4.57 Å². The molecule has 2 aromatic rings. The minimum atomic E-state index is 0.696. The molecular weight excluding hydrogens is 296 g/mol. The van der Waals surface area contributed by atoms with E-state index in [1.807, 2.05) is 36.9 Å². The molecule has 0 spiro atoms. The summed E-state index contributed by atoms with van der Waals surface area (Å²) in [5.74, 6) is 0. The molecule has 0 fully saturated rings. The first-order valence-electron chi connectivity index (χ1n) is 5.07. The van der Waals surface area contributed by atoms with Crippen LogP contribution >= 0.6 is 27.7 Å². The van der Waals surface area contributed by atoms with Crippen molar-refractivity contribution in [3.8, 4) is 6.07 Å². The average molecular weight is 307 g/mol. The molecule has 1 aromatic heterocycles. The van der Waals surface area contributed by atoms with Gasteiger partial charge >= 0.3 is 0 Å². The van der Waals surface area contributed by atoms with Gasteiger partial charge in [-0.25, -0.2) is 0 Å². The third-order valence-corrected chi connectivity index (χ3v) is 4.06. The second-order valence-corrected chi connectivity index (χ2v) is 5.08. The summed E-state index contributed by atoms with van der Waals surface area (Å²) in [6, 6.07) is 10.4. The molecule has 1 heterocycles. The van der Waals surface area contributed by atoms with Gasteiger partial charge in [-0.15, -0.1) is 11.8 Å². The number of rotatable bonds is 2. The standard InChI is InChI=1S/C13H11BrN2S/c1-16-11-6-4-3-5-10(11)12(13(16)14)9(7-15)8-17-2/h3-6,8H,1-2H3. The number of halogens is 1. The Kier molecular flexibility index (Phi) is 3.60. The lowest BCUT2D eigenvalue weighted by Gasteiger charge is -1.98. The Labute approximate surface area is 113 Å². The summed E-state index contributed by atoms with van der Waals surface area (Å²) in [4.78, 5) is 0. The molecule has 4 heteroatoms. The number of hydrogen-bond donors (Lipinski definition) is 0. The molecule has 0 aliphatic heterocycles. The highest BCUT2D eigenvalue weighted by Crippen LogP contribution is 2.34. The first kappa shape index (κ1) is 12.3. The van der Waals surface area contributed by atoms with E-state index < -0.39 is 0 Å². The fraction of sp³-hybridized carbons (Fsp3) is 0.154. The highest BCUT2D eigenvalue weighted by atomic mass is 79.9. The summed E-state index contributed by atoms with van der Waals surface area (Å²) in [7, 11) is 1.99. The van der Waals surface area contributed by atoms with Crippen molar-refractivity contribution < 1.29 is 0 Å². The third-order valence-electron chi connectivity index (χ3n) is 2.66. The van der Waals surface area contributed by atoms with Crippen LogP contribution in [-0.2, 0) is 7.05 Å². The number of nitrogens with zero attached hydrogens (tertiary/aromatic N) is 2. The van der Waals surface area contributed by atoms with Gasteiger partial charge in [0.1, 0.15) is 6.07 Å². The molecule has 17 heavy (non-hydrogen) atoms. The van der Waals surface area contributed by atoms with E-state index in [9.17, 15) is 5.26 Å². The van der Waals surface area contributed by atoms with E-state index in [0.29, 0.717) is 5.57 Å². The van der Waals surface area contributed by atoms with Gasteiger partial charge in [0.2, 0.25) is 0 Å². The number of allylic oxidation sites excluding steroid dienone is 1. The van der Waals surface area contributed by atoms with Crippen LogP contribution < -0.4 is 0 Å². The number of benzene rings is 1. The minimum Gasteiger partial charge on any atom is -0.338 e. The zero-order valence-corrected chi connectivity index (χ0v) is 12.0. The molecule has 0 aliphatic rings. The molecule has 1 aromatic carbocycles. The molecule has 2 rings (SSSR count). The second kappa shape index (κ2) is 4.99. The highest BCUT2D eigenvalue weighted by Gasteiger charge is 2.15. The van der Waals surface area contributed by atoms with Crippen molar-refractivity contribution in [2.75, 3.05) is 6.26 Å². The summed E-state index contributed by atoms with van der Waals surface area (Å²) >= 11 is 5.11. The highest BCUT2D eigenvalue weighted by molar-refractivity contribution is 9.10. The van der Waals surface area contributed by atoms with Crippen molar-refractivity contribution in [2.24, 2.45) is 7.05 Å². The van der Waals surface area contributed by atoms with Crippen molar-refractivity contribution in [3.05, 3.63) is 39.8 Å². The van der Waals surface area contributed by atoms with E-state index >= 15 is 0 Å². The fourth-order valence-corrected chi connectivity index (χ4v) is 2.90. The van der Waals surface area contributed by atoms with Crippen molar-refractivity contribution >= 4 is 44.2 Å². The Hall–Kier alpha value is -1.18. The van der Waals surface area contributed by atoms with Crippen LogP contribution in [0.25, 0.3) is 16.5 Å². The number of nitriles is 1. The maximum absolute atomic E-state index is 9.24. The Morgan fingerprint density at radius 2 is 2.18 bits per heavy atom. The van der Waals surface area contributed by atoms with Crippen LogP contribution in [0.1, 0.15) is 5.56 Å². The van der Waals surface area contributed by atoms with E-state index in [1.165, 1.54) is 0 Å². The van der Waals surface area contributed by atoms with Crippen molar-refractivity contribution in [1.82, 2.24) is 4.57 Å². The van der Waals surface area contributed by atoms with Gasteiger partial charge in [0.25, 0.3) is 0 Å². The predicted molar refractivity (Wildman–Crippen MR) is 77.7 cm³/mol. The zero-order valence-electron chi connectivity index (χ0n) is 9.57. The normalized spacial score (nSPS) is 11.8. The van der Waals surface area contributed by atoms with Crippen LogP contribution in [-0.4, -0.2) is 10.8 Å². The van der Waals surface area contributed by atoms with Gasteiger partial charge in [0.05, 0.1) is 10.2 Å². The largest absolute Gasteiger partial charge is 0.338 e. The van der Waals surface area contributed by atoms with Crippen LogP contribution in [0.4, 0.5) is 0 Å². The Morgan fingerprint density at radius 3 is 2.82 bits per heavy atom. The van der Waals surface area contributed by atoms with E-state index in [4.69, 9.17) is 0 Å². The molecule has 0 aliphatic carbocycles. The molecule has 0 radical (unpaired) electrons. The molecule has 0 bridgehead atoms. The number of para-hydroxylation sites is 1. The molecule has 86 valence electrons. The first-order valence-corrected chi connectivity index (χ1v) is 7.15. The van der Waals surface area contributed by atoms with Crippen LogP contribution in [0.15, 0.2) is 34.3 Å². The van der Waals surface area contributed by atoms with Gasteiger partial charge in [-0.3, -0.25) is 0 Å². The second-order valence-electron chi connectivity index (χ2n) is 3.62. The number of aromatic nitrogens is 1. The SMILES string of the molecule is CSC=C(C#N)c1c(Br)n(C)c2ccccc12. The lowest BCUT2D eigenvalue weighted by atomic mass is 10.1. The van der Waals surface area contributed by atoms with Crippen molar-refractivity contribution in [1.29, 1.82) is 5.26 Å². The lowest BCUT2D eigenvalue weighted by Crippen LogP contribution is -1.87. The van der Waals surface area contributed by atoms with Gasteiger partial charge in [-0.2, -0.15) is 5.26 Å². The van der Waals surface area contributed by atoms with Gasteiger partial charge in [0, 0.05) is 23.5 Å². The van der Waals surface area contributed by atoms with E-state index in [-0.39, 0.29) is 0 Å². The fourth-order valence-electron chi connectivity index (χ4n) is 1.88. The summed E-state index contributed by atoms with van der Waals surface area (Å²) in [6.07, 6.45) is 1.95. The molecular formula is C13H11BrN2S. The summed E-state index contributed by atoms with van der Waals surface area (Å²) in [6.45, 7) is 0. The van der Waals surface area contributed by atoms with E-state index in [0.717, 1.165) is 21.1 Å². The van der Waals surface area contributed by atoms with Crippen LogP contribution in [0.2, 0.25) is 0 Å². The molecule has 0 amide bonds. The Bertz CT molecular complexity index is 635.